The van der Waals surface area contributed by atoms with E-state index in [0.717, 1.165) is 23.5 Å². The average Bonchev–Trinajstić information content (AvgIpc) is 3.01. The first-order valence-corrected chi connectivity index (χ1v) is 9.85. The SMILES string of the molecule is COc1ccc(NC(=O)c2sc(=O)n(Cc3cccc(C(F)(F)F)c3)c2C)cc1OC. The number of carbonyl (C=O) groups is 1. The molecule has 0 bridgehead atoms. The van der Waals surface area contributed by atoms with Gasteiger partial charge in [0, 0.05) is 17.4 Å². The van der Waals surface area contributed by atoms with Gasteiger partial charge >= 0.3 is 11.0 Å². The van der Waals surface area contributed by atoms with Crippen molar-refractivity contribution in [3.05, 3.63) is 73.8 Å². The zero-order valence-corrected chi connectivity index (χ0v) is 17.7. The van der Waals surface area contributed by atoms with Crippen molar-refractivity contribution >= 4 is 22.9 Å². The molecule has 10 heteroatoms. The lowest BCUT2D eigenvalue weighted by molar-refractivity contribution is -0.137. The molecule has 1 aromatic heterocycles. The van der Waals surface area contributed by atoms with Crippen LogP contribution in [0.2, 0.25) is 0 Å². The zero-order chi connectivity index (χ0) is 22.8. The second-order valence-corrected chi connectivity index (χ2v) is 7.55. The van der Waals surface area contributed by atoms with Crippen molar-refractivity contribution in [1.29, 1.82) is 0 Å². The molecule has 6 nitrogen and oxygen atoms in total. The number of halogens is 3. The molecular formula is C21H19F3N2O4S. The van der Waals surface area contributed by atoms with Crippen LogP contribution in [0.5, 0.6) is 11.5 Å². The number of amides is 1. The number of hydrogen-bond donors (Lipinski definition) is 1. The molecule has 31 heavy (non-hydrogen) atoms. The van der Waals surface area contributed by atoms with Crippen molar-refractivity contribution in [2.45, 2.75) is 19.6 Å². The van der Waals surface area contributed by atoms with Crippen LogP contribution in [0.15, 0.2) is 47.3 Å². The van der Waals surface area contributed by atoms with Crippen LogP contribution in [-0.2, 0) is 12.7 Å². The number of hydrogen-bond acceptors (Lipinski definition) is 5. The number of thiazole rings is 1. The first-order chi connectivity index (χ1) is 14.6. The molecule has 3 rings (SSSR count). The topological polar surface area (TPSA) is 69.6 Å². The van der Waals surface area contributed by atoms with Crippen LogP contribution < -0.4 is 19.7 Å². The van der Waals surface area contributed by atoms with Gasteiger partial charge in [0.15, 0.2) is 11.5 Å². The molecule has 0 spiro atoms. The third kappa shape index (κ3) is 4.91. The summed E-state index contributed by atoms with van der Waals surface area (Å²) in [5.41, 5.74) is 0.319. The fourth-order valence-corrected chi connectivity index (χ4v) is 3.89. The number of ether oxygens (including phenoxy) is 2. The number of nitrogens with one attached hydrogen (secondary N) is 1. The zero-order valence-electron chi connectivity index (χ0n) is 16.9. The predicted molar refractivity (Wildman–Crippen MR) is 111 cm³/mol. The van der Waals surface area contributed by atoms with Crippen LogP contribution in [-0.4, -0.2) is 24.7 Å². The predicted octanol–water partition coefficient (Wildman–Crippen LogP) is 4.55. The monoisotopic (exact) mass is 452 g/mol. The Balaban J connectivity index is 1.85. The molecule has 0 aliphatic heterocycles. The largest absolute Gasteiger partial charge is 0.493 e. The number of alkyl halides is 3. The minimum atomic E-state index is -4.48. The van der Waals surface area contributed by atoms with Crippen LogP contribution in [0.25, 0.3) is 0 Å². The molecule has 1 heterocycles. The summed E-state index contributed by atoms with van der Waals surface area (Å²) in [5, 5.41) is 2.69. The molecule has 164 valence electrons. The lowest BCUT2D eigenvalue weighted by atomic mass is 10.1. The Morgan fingerprint density at radius 3 is 2.45 bits per heavy atom. The standard InChI is InChI=1S/C21H19F3N2O4S/c1-12-18(19(27)25-15-7-8-16(29-2)17(10-15)30-3)31-20(28)26(12)11-13-5-4-6-14(9-13)21(22,23)24/h4-10H,11H2,1-3H3,(H,25,27). The van der Waals surface area contributed by atoms with Gasteiger partial charge in [0.1, 0.15) is 4.88 Å². The molecule has 2 aromatic carbocycles. The number of anilines is 1. The van der Waals surface area contributed by atoms with Gasteiger partial charge in [0.2, 0.25) is 0 Å². The van der Waals surface area contributed by atoms with E-state index >= 15 is 0 Å². The van der Waals surface area contributed by atoms with E-state index in [4.69, 9.17) is 9.47 Å². The molecule has 1 amide bonds. The van der Waals surface area contributed by atoms with Crippen molar-refractivity contribution in [3.8, 4) is 11.5 Å². The smallest absolute Gasteiger partial charge is 0.416 e. The summed E-state index contributed by atoms with van der Waals surface area (Å²) < 4.78 is 50.5. The van der Waals surface area contributed by atoms with Crippen molar-refractivity contribution in [2.75, 3.05) is 19.5 Å². The molecule has 0 aliphatic rings. The van der Waals surface area contributed by atoms with E-state index in [1.165, 1.54) is 30.9 Å². The summed E-state index contributed by atoms with van der Waals surface area (Å²) in [6.07, 6.45) is -4.48. The highest BCUT2D eigenvalue weighted by Crippen LogP contribution is 2.31. The summed E-state index contributed by atoms with van der Waals surface area (Å²) in [6.45, 7) is 1.50. The van der Waals surface area contributed by atoms with E-state index in [9.17, 15) is 22.8 Å². The average molecular weight is 452 g/mol. The maximum absolute atomic E-state index is 12.9. The van der Waals surface area contributed by atoms with Gasteiger partial charge < -0.3 is 14.8 Å². The lowest BCUT2D eigenvalue weighted by Crippen LogP contribution is -2.17. The van der Waals surface area contributed by atoms with E-state index in [-0.39, 0.29) is 11.4 Å². The minimum Gasteiger partial charge on any atom is -0.493 e. The van der Waals surface area contributed by atoms with Crippen LogP contribution in [0.1, 0.15) is 26.5 Å². The number of nitrogens with zero attached hydrogens (tertiary/aromatic N) is 1. The van der Waals surface area contributed by atoms with Gasteiger partial charge in [-0.25, -0.2) is 0 Å². The molecule has 0 radical (unpaired) electrons. The molecule has 0 atom stereocenters. The quantitative estimate of drug-likeness (QED) is 0.596. The Bertz CT molecular complexity index is 1170. The van der Waals surface area contributed by atoms with E-state index < -0.39 is 22.5 Å². The molecule has 1 N–H and O–H groups in total. The normalized spacial score (nSPS) is 11.3. The Morgan fingerprint density at radius 1 is 1.10 bits per heavy atom. The van der Waals surface area contributed by atoms with Crippen molar-refractivity contribution in [2.24, 2.45) is 0 Å². The van der Waals surface area contributed by atoms with Gasteiger partial charge in [0.25, 0.3) is 5.91 Å². The summed E-state index contributed by atoms with van der Waals surface area (Å²) in [4.78, 5) is 24.9. The van der Waals surface area contributed by atoms with E-state index in [1.807, 2.05) is 0 Å². The highest BCUT2D eigenvalue weighted by molar-refractivity contribution is 7.11. The second-order valence-electron chi connectivity index (χ2n) is 6.59. The van der Waals surface area contributed by atoms with Gasteiger partial charge in [-0.05, 0) is 36.8 Å². The summed E-state index contributed by atoms with van der Waals surface area (Å²) in [6, 6.07) is 9.58. The lowest BCUT2D eigenvalue weighted by Gasteiger charge is -2.11. The first kappa shape index (κ1) is 22.4. The maximum atomic E-state index is 12.9. The molecule has 0 saturated carbocycles. The van der Waals surface area contributed by atoms with Crippen LogP contribution in [0.3, 0.4) is 0 Å². The number of rotatable bonds is 6. The van der Waals surface area contributed by atoms with E-state index in [1.54, 1.807) is 25.1 Å². The fraction of sp³-hybridized carbons (Fsp3) is 0.238. The van der Waals surface area contributed by atoms with Gasteiger partial charge in [-0.3, -0.25) is 14.2 Å². The third-order valence-corrected chi connectivity index (χ3v) is 5.67. The first-order valence-electron chi connectivity index (χ1n) is 9.03. The number of benzene rings is 2. The maximum Gasteiger partial charge on any atom is 0.416 e. The van der Waals surface area contributed by atoms with E-state index in [2.05, 4.69) is 5.32 Å². The van der Waals surface area contributed by atoms with E-state index in [0.29, 0.717) is 28.4 Å². The van der Waals surface area contributed by atoms with Crippen molar-refractivity contribution in [3.63, 3.8) is 0 Å². The number of carbonyl (C=O) groups excluding carboxylic acids is 1. The fourth-order valence-electron chi connectivity index (χ4n) is 3.00. The summed E-state index contributed by atoms with van der Waals surface area (Å²) in [7, 11) is 2.96. The van der Waals surface area contributed by atoms with Crippen molar-refractivity contribution < 1.29 is 27.4 Å². The Labute approximate surface area is 179 Å². The molecule has 0 unspecified atom stereocenters. The second kappa shape index (κ2) is 8.84. The molecule has 3 aromatic rings. The number of methoxy groups -OCH3 is 2. The van der Waals surface area contributed by atoms with Crippen molar-refractivity contribution in [1.82, 2.24) is 4.57 Å². The Kier molecular flexibility index (Phi) is 6.40. The highest BCUT2D eigenvalue weighted by atomic mass is 32.1. The molecular weight excluding hydrogens is 433 g/mol. The summed E-state index contributed by atoms with van der Waals surface area (Å²) in [5.74, 6) is 0.413. The van der Waals surface area contributed by atoms with Gasteiger partial charge in [-0.15, -0.1) is 0 Å². The summed E-state index contributed by atoms with van der Waals surface area (Å²) >= 11 is 0.732. The van der Waals surface area contributed by atoms with Gasteiger partial charge in [0.05, 0.1) is 26.3 Å². The Hall–Kier alpha value is -3.27. The molecule has 0 aliphatic carbocycles. The van der Waals surface area contributed by atoms with Crippen LogP contribution >= 0.6 is 11.3 Å². The molecule has 0 fully saturated rings. The highest BCUT2D eigenvalue weighted by Gasteiger charge is 2.30. The minimum absolute atomic E-state index is 0.0747. The van der Waals surface area contributed by atoms with Crippen LogP contribution in [0, 0.1) is 6.92 Å². The third-order valence-electron chi connectivity index (χ3n) is 4.59. The molecule has 0 saturated heterocycles. The number of aromatic nitrogens is 1. The Morgan fingerprint density at radius 2 is 1.81 bits per heavy atom. The van der Waals surface area contributed by atoms with Gasteiger partial charge in [-0.2, -0.15) is 13.2 Å². The van der Waals surface area contributed by atoms with Crippen LogP contribution in [0.4, 0.5) is 18.9 Å². The van der Waals surface area contributed by atoms with Gasteiger partial charge in [-0.1, -0.05) is 23.5 Å².